The van der Waals surface area contributed by atoms with Gasteiger partial charge in [0.15, 0.2) is 0 Å². The van der Waals surface area contributed by atoms with Crippen LogP contribution in [-0.2, 0) is 0 Å². The Hall–Kier alpha value is -0.0400. The Balaban J connectivity index is 1.76. The topological polar surface area (TPSA) is 12.0 Å². The molecule has 0 aromatic rings. The molecule has 2 aliphatic rings. The Morgan fingerprint density at radius 2 is 1.59 bits per heavy atom. The molecule has 2 saturated carbocycles. The summed E-state index contributed by atoms with van der Waals surface area (Å²) in [6.07, 6.45) is 7.09. The van der Waals surface area contributed by atoms with Gasteiger partial charge in [0.1, 0.15) is 0 Å². The molecule has 0 amide bonds. The summed E-state index contributed by atoms with van der Waals surface area (Å²) in [6.45, 7) is 13.3. The molecule has 0 aromatic carbocycles. The van der Waals surface area contributed by atoms with E-state index in [-0.39, 0.29) is 0 Å². The van der Waals surface area contributed by atoms with Crippen molar-refractivity contribution in [3.63, 3.8) is 0 Å². The second-order valence-corrected chi connectivity index (χ2v) is 7.71. The maximum absolute atomic E-state index is 3.86. The van der Waals surface area contributed by atoms with Crippen molar-refractivity contribution in [1.29, 1.82) is 0 Å². The summed E-state index contributed by atoms with van der Waals surface area (Å²) in [5.41, 5.74) is 1.08. The van der Waals surface area contributed by atoms with Crippen LogP contribution in [0.5, 0.6) is 0 Å². The molecule has 1 N–H and O–H groups in total. The molecule has 0 aliphatic heterocycles. The predicted octanol–water partition coefficient (Wildman–Crippen LogP) is 4.23. The summed E-state index contributed by atoms with van der Waals surface area (Å²) >= 11 is 0. The first kappa shape index (κ1) is 13.4. The zero-order valence-electron chi connectivity index (χ0n) is 12.5. The molecule has 0 aromatic heterocycles. The molecule has 0 radical (unpaired) electrons. The minimum absolute atomic E-state index is 0.540. The lowest BCUT2D eigenvalue weighted by molar-refractivity contribution is 0.418. The van der Waals surface area contributed by atoms with Gasteiger partial charge < -0.3 is 5.32 Å². The van der Waals surface area contributed by atoms with Crippen LogP contribution in [0.3, 0.4) is 0 Å². The lowest BCUT2D eigenvalue weighted by Gasteiger charge is -2.17. The van der Waals surface area contributed by atoms with E-state index in [1.165, 1.54) is 38.6 Å². The van der Waals surface area contributed by atoms with Crippen molar-refractivity contribution in [2.24, 2.45) is 22.7 Å². The molecule has 2 rings (SSSR count). The largest absolute Gasteiger partial charge is 0.314 e. The number of hydrogen-bond donors (Lipinski definition) is 1. The zero-order chi connectivity index (χ0) is 12.7. The summed E-state index contributed by atoms with van der Waals surface area (Å²) in [4.78, 5) is 0. The van der Waals surface area contributed by atoms with Crippen molar-refractivity contribution >= 4 is 0 Å². The fourth-order valence-corrected chi connectivity index (χ4v) is 3.82. The minimum Gasteiger partial charge on any atom is -0.314 e. The van der Waals surface area contributed by atoms with Crippen LogP contribution in [0.15, 0.2) is 0 Å². The van der Waals surface area contributed by atoms with E-state index < -0.39 is 0 Å². The minimum atomic E-state index is 0.540. The van der Waals surface area contributed by atoms with Crippen LogP contribution in [0.2, 0.25) is 0 Å². The van der Waals surface area contributed by atoms with Gasteiger partial charge in [0.2, 0.25) is 0 Å². The summed E-state index contributed by atoms with van der Waals surface area (Å²) in [5.74, 6) is 1.83. The molecule has 1 nitrogen and oxygen atoms in total. The zero-order valence-corrected chi connectivity index (χ0v) is 12.5. The van der Waals surface area contributed by atoms with Gasteiger partial charge in [0, 0.05) is 6.04 Å². The highest BCUT2D eigenvalue weighted by Gasteiger charge is 2.63. The molecule has 100 valence electrons. The van der Waals surface area contributed by atoms with Gasteiger partial charge in [-0.1, -0.05) is 47.5 Å². The molecule has 2 atom stereocenters. The van der Waals surface area contributed by atoms with E-state index in [9.17, 15) is 0 Å². The Morgan fingerprint density at radius 1 is 0.941 bits per heavy atom. The predicted molar refractivity (Wildman–Crippen MR) is 75.1 cm³/mol. The Bertz CT molecular complexity index is 253. The smallest absolute Gasteiger partial charge is 0.00672 e. The SMILES string of the molecule is CC1CCCC(NCC2C(C)(C)C2(C)C)CC1. The first-order valence-corrected chi connectivity index (χ1v) is 7.59. The lowest BCUT2D eigenvalue weighted by Crippen LogP contribution is -2.31. The highest BCUT2D eigenvalue weighted by atomic mass is 14.9. The van der Waals surface area contributed by atoms with Gasteiger partial charge in [-0.2, -0.15) is 0 Å². The summed E-state index contributed by atoms with van der Waals surface area (Å²) in [7, 11) is 0. The van der Waals surface area contributed by atoms with Crippen LogP contribution >= 0.6 is 0 Å². The Labute approximate surface area is 108 Å². The molecule has 17 heavy (non-hydrogen) atoms. The second-order valence-electron chi connectivity index (χ2n) is 7.71. The number of rotatable bonds is 3. The van der Waals surface area contributed by atoms with Gasteiger partial charge in [-0.15, -0.1) is 0 Å². The monoisotopic (exact) mass is 237 g/mol. The molecule has 0 spiro atoms. The van der Waals surface area contributed by atoms with Crippen LogP contribution in [-0.4, -0.2) is 12.6 Å². The highest BCUT2D eigenvalue weighted by Crippen LogP contribution is 2.67. The average Bonchev–Trinajstić information content (AvgIpc) is 2.72. The van der Waals surface area contributed by atoms with E-state index in [1.54, 1.807) is 0 Å². The summed E-state index contributed by atoms with van der Waals surface area (Å²) in [5, 5.41) is 3.86. The molecule has 0 bridgehead atoms. The molecule has 0 saturated heterocycles. The van der Waals surface area contributed by atoms with Crippen molar-refractivity contribution in [2.75, 3.05) is 6.54 Å². The third kappa shape index (κ3) is 2.54. The molecule has 1 heteroatoms. The molecular weight excluding hydrogens is 206 g/mol. The fraction of sp³-hybridized carbons (Fsp3) is 1.00. The normalized spacial score (nSPS) is 36.5. The quantitative estimate of drug-likeness (QED) is 0.724. The number of nitrogens with one attached hydrogen (secondary N) is 1. The number of hydrogen-bond acceptors (Lipinski definition) is 1. The van der Waals surface area contributed by atoms with Gasteiger partial charge in [-0.3, -0.25) is 0 Å². The molecule has 0 heterocycles. The standard InChI is InChI=1S/C16H31N/c1-12-7-6-8-13(10-9-12)17-11-14-15(2,3)16(14,4)5/h12-14,17H,6-11H2,1-5H3. The van der Waals surface area contributed by atoms with Crippen LogP contribution in [0.1, 0.15) is 66.7 Å². The van der Waals surface area contributed by atoms with Gasteiger partial charge in [0.05, 0.1) is 0 Å². The molecule has 2 unspecified atom stereocenters. The van der Waals surface area contributed by atoms with Gasteiger partial charge in [-0.05, 0) is 48.5 Å². The molecule has 2 aliphatic carbocycles. The van der Waals surface area contributed by atoms with E-state index in [0.717, 1.165) is 17.9 Å². The second kappa shape index (κ2) is 4.57. The van der Waals surface area contributed by atoms with Crippen molar-refractivity contribution in [1.82, 2.24) is 5.32 Å². The Kier molecular flexibility index (Phi) is 3.60. The fourth-order valence-electron chi connectivity index (χ4n) is 3.82. The van der Waals surface area contributed by atoms with Crippen LogP contribution < -0.4 is 5.32 Å². The van der Waals surface area contributed by atoms with Gasteiger partial charge in [-0.25, -0.2) is 0 Å². The van der Waals surface area contributed by atoms with E-state index in [2.05, 4.69) is 39.9 Å². The molecular formula is C16H31N. The molecule has 2 fully saturated rings. The highest BCUT2D eigenvalue weighted by molar-refractivity contribution is 5.12. The van der Waals surface area contributed by atoms with E-state index in [0.29, 0.717) is 10.8 Å². The average molecular weight is 237 g/mol. The van der Waals surface area contributed by atoms with Crippen LogP contribution in [0, 0.1) is 22.7 Å². The maximum Gasteiger partial charge on any atom is 0.00672 e. The van der Waals surface area contributed by atoms with Gasteiger partial charge >= 0.3 is 0 Å². The van der Waals surface area contributed by atoms with E-state index >= 15 is 0 Å². The van der Waals surface area contributed by atoms with Crippen molar-refractivity contribution in [3.05, 3.63) is 0 Å². The van der Waals surface area contributed by atoms with E-state index in [4.69, 9.17) is 0 Å². The van der Waals surface area contributed by atoms with Crippen molar-refractivity contribution < 1.29 is 0 Å². The van der Waals surface area contributed by atoms with Gasteiger partial charge in [0.25, 0.3) is 0 Å². The third-order valence-corrected chi connectivity index (χ3v) is 6.19. The maximum atomic E-state index is 3.86. The first-order chi connectivity index (χ1) is 7.85. The Morgan fingerprint density at radius 3 is 2.18 bits per heavy atom. The van der Waals surface area contributed by atoms with Crippen molar-refractivity contribution in [3.8, 4) is 0 Å². The van der Waals surface area contributed by atoms with Crippen LogP contribution in [0.25, 0.3) is 0 Å². The van der Waals surface area contributed by atoms with Crippen molar-refractivity contribution in [2.45, 2.75) is 72.8 Å². The summed E-state index contributed by atoms with van der Waals surface area (Å²) in [6, 6.07) is 0.798. The first-order valence-electron chi connectivity index (χ1n) is 7.59. The van der Waals surface area contributed by atoms with Crippen LogP contribution in [0.4, 0.5) is 0 Å². The van der Waals surface area contributed by atoms with E-state index in [1.807, 2.05) is 0 Å². The third-order valence-electron chi connectivity index (χ3n) is 6.19. The summed E-state index contributed by atoms with van der Waals surface area (Å²) < 4.78 is 0. The lowest BCUT2D eigenvalue weighted by atomic mass is 10.0.